The van der Waals surface area contributed by atoms with Crippen LogP contribution in [-0.4, -0.2) is 81.0 Å². The van der Waals surface area contributed by atoms with Crippen molar-refractivity contribution in [1.29, 1.82) is 0 Å². The molecule has 67 heavy (non-hydrogen) atoms. The average Bonchev–Trinajstić information content (AvgIpc) is 3.33. The van der Waals surface area contributed by atoms with Crippen LogP contribution in [0.2, 0.25) is 0 Å². The minimum Gasteiger partial charge on any atom is -0.487 e. The number of benzene rings is 3. The summed E-state index contributed by atoms with van der Waals surface area (Å²) in [5.41, 5.74) is 5.05. The number of nitrogens with zero attached hydrogens (tertiary/aromatic N) is 4. The maximum atomic E-state index is 14.6. The number of amides is 1. The zero-order chi connectivity index (χ0) is 47.3. The summed E-state index contributed by atoms with van der Waals surface area (Å²) in [5.74, 6) is -1.95. The number of non-ortho nitro benzene ring substituents is 1. The normalized spacial score (nSPS) is 22.1. The van der Waals surface area contributed by atoms with E-state index < -0.39 is 34.6 Å². The largest absolute Gasteiger partial charge is 0.487 e. The van der Waals surface area contributed by atoms with Crippen LogP contribution in [0.25, 0.3) is 0 Å². The fourth-order valence-corrected chi connectivity index (χ4v) is 9.85. The molecule has 1 fully saturated rings. The molecule has 0 bridgehead atoms. The molecule has 6 atom stereocenters. The van der Waals surface area contributed by atoms with Crippen molar-refractivity contribution in [3.63, 3.8) is 0 Å². The molecule has 1 aliphatic heterocycles. The number of aliphatic hydroxyl groups excluding tert-OH is 2. The van der Waals surface area contributed by atoms with Crippen molar-refractivity contribution < 1.29 is 48.1 Å². The maximum Gasteiger partial charge on any atom is 0.410 e. The first kappa shape index (κ1) is 49.0. The zero-order valence-corrected chi connectivity index (χ0v) is 38.4. The number of alkyl halides is 1. The Labute approximate surface area is 395 Å². The third kappa shape index (κ3) is 11.6. The van der Waals surface area contributed by atoms with Crippen molar-refractivity contribution in [1.82, 2.24) is 9.88 Å². The molecule has 2 N–H and O–H groups in total. The van der Waals surface area contributed by atoms with E-state index >= 15 is 0 Å². The molecule has 14 nitrogen and oxygen atoms in total. The van der Waals surface area contributed by atoms with E-state index in [0.717, 1.165) is 48.2 Å². The number of carbonyl (C=O) groups is 1. The Hall–Kier alpha value is -5.87. The number of carbonyl (C=O) groups excluding carboxylic acids is 1. The number of allylic oxidation sites excluding steroid dienone is 1. The van der Waals surface area contributed by atoms with Crippen LogP contribution in [0.3, 0.4) is 0 Å². The quantitative estimate of drug-likeness (QED) is 0.0238. The van der Waals surface area contributed by atoms with Crippen molar-refractivity contribution in [3.8, 4) is 11.5 Å². The lowest BCUT2D eigenvalue weighted by Gasteiger charge is -2.59. The van der Waals surface area contributed by atoms with Gasteiger partial charge in [0, 0.05) is 55.5 Å². The number of aromatic nitrogens is 1. The standard InChI is InChI=1S/C51H58ClFN4O10/c1-3-26-65-51-47(56(50(60)63-27-23-52)31-35-13-17-38(53)18-14-35)30-45(55-66-32-36-15-19-40(20-16-36)57(61)62)43-28-37(10-4-6-24-58)42(12-5-7-25-59)48(49(43)51)44-29-41(21-22-46(44)67-51)64-33-39-11-8-9-34(2)54-39/h3,8-9,11,13-22,28-29,37,42,47-49,58-59H,1,4-7,10,12,23-27,30-33H2,2H3/t37-,42+,47-,48+,49+,51+/m0/s1. The van der Waals surface area contributed by atoms with Crippen LogP contribution in [0.5, 0.6) is 11.5 Å². The summed E-state index contributed by atoms with van der Waals surface area (Å²) in [4.78, 5) is 37.8. The molecule has 3 aliphatic rings. The van der Waals surface area contributed by atoms with E-state index in [0.29, 0.717) is 41.2 Å². The molecular formula is C51H58ClFN4O10. The van der Waals surface area contributed by atoms with E-state index in [1.165, 1.54) is 29.2 Å². The van der Waals surface area contributed by atoms with Gasteiger partial charge in [-0.15, -0.1) is 18.2 Å². The monoisotopic (exact) mass is 940 g/mol. The Kier molecular flexibility index (Phi) is 17.0. The molecule has 4 aromatic rings. The molecular weight excluding hydrogens is 883 g/mol. The number of unbranched alkanes of at least 4 members (excludes halogenated alkanes) is 2. The Bertz CT molecular complexity index is 2380. The summed E-state index contributed by atoms with van der Waals surface area (Å²) in [6.07, 6.45) is 7.34. The van der Waals surface area contributed by atoms with Gasteiger partial charge in [-0.1, -0.05) is 48.3 Å². The second-order valence-corrected chi connectivity index (χ2v) is 17.5. The van der Waals surface area contributed by atoms with Crippen LogP contribution < -0.4 is 9.47 Å². The Morgan fingerprint density at radius 3 is 2.48 bits per heavy atom. The molecule has 0 radical (unpaired) electrons. The Morgan fingerprint density at radius 1 is 1.03 bits per heavy atom. The van der Waals surface area contributed by atoms with Crippen LogP contribution in [-0.2, 0) is 34.1 Å². The van der Waals surface area contributed by atoms with Crippen LogP contribution in [0.4, 0.5) is 14.9 Å². The lowest BCUT2D eigenvalue weighted by atomic mass is 9.55. The van der Waals surface area contributed by atoms with Gasteiger partial charge in [0.1, 0.15) is 43.2 Å². The minimum atomic E-state index is -1.60. The number of hydrogen-bond acceptors (Lipinski definition) is 12. The number of nitro groups is 1. The highest BCUT2D eigenvalue weighted by molar-refractivity contribution is 6.18. The highest BCUT2D eigenvalue weighted by Gasteiger charge is 2.65. The number of halogens is 2. The number of ether oxygens (including phenoxy) is 4. The van der Waals surface area contributed by atoms with Gasteiger partial charge in [-0.05, 0) is 116 Å². The van der Waals surface area contributed by atoms with Gasteiger partial charge in [-0.2, -0.15) is 0 Å². The molecule has 356 valence electrons. The van der Waals surface area contributed by atoms with Crippen LogP contribution >= 0.6 is 11.6 Å². The van der Waals surface area contributed by atoms with E-state index in [-0.39, 0.29) is 81.9 Å². The van der Waals surface area contributed by atoms with E-state index in [4.69, 9.17) is 40.5 Å². The van der Waals surface area contributed by atoms with Gasteiger partial charge in [-0.3, -0.25) is 20.0 Å². The summed E-state index contributed by atoms with van der Waals surface area (Å²) in [6.45, 7) is 6.14. The highest BCUT2D eigenvalue weighted by atomic mass is 35.5. The number of aliphatic hydroxyl groups is 2. The Balaban J connectivity index is 1.43. The summed E-state index contributed by atoms with van der Waals surface area (Å²) < 4.78 is 40.9. The second kappa shape index (κ2) is 23.2. The highest BCUT2D eigenvalue weighted by Crippen LogP contribution is 2.62. The predicted molar refractivity (Wildman–Crippen MR) is 250 cm³/mol. The summed E-state index contributed by atoms with van der Waals surface area (Å²) in [7, 11) is 0. The summed E-state index contributed by atoms with van der Waals surface area (Å²) >= 11 is 6.08. The first-order valence-corrected chi connectivity index (χ1v) is 23.3. The molecule has 0 saturated heterocycles. The van der Waals surface area contributed by atoms with Gasteiger partial charge < -0.3 is 34.0 Å². The molecule has 0 unspecified atom stereocenters. The molecule has 1 amide bonds. The molecule has 16 heteroatoms. The fourth-order valence-electron chi connectivity index (χ4n) is 9.77. The van der Waals surface area contributed by atoms with Crippen molar-refractivity contribution >= 4 is 29.1 Å². The topological polar surface area (TPSA) is 175 Å². The van der Waals surface area contributed by atoms with Crippen molar-refractivity contribution in [2.75, 3.05) is 32.3 Å². The number of hydrogen-bond donors (Lipinski definition) is 2. The number of fused-ring (bicyclic) bond motifs is 2. The molecule has 1 aromatic heterocycles. The average molecular weight is 941 g/mol. The van der Waals surface area contributed by atoms with Crippen molar-refractivity contribution in [2.45, 2.75) is 89.4 Å². The molecule has 2 aliphatic carbocycles. The van der Waals surface area contributed by atoms with Crippen LogP contribution in [0.1, 0.15) is 78.9 Å². The molecule has 3 aromatic carbocycles. The number of aryl methyl sites for hydroxylation is 1. The second-order valence-electron chi connectivity index (χ2n) is 17.1. The Morgan fingerprint density at radius 2 is 1.78 bits per heavy atom. The third-order valence-corrected chi connectivity index (χ3v) is 12.9. The van der Waals surface area contributed by atoms with E-state index in [1.54, 1.807) is 30.3 Å². The number of pyridine rings is 1. The minimum absolute atomic E-state index is 0.0117. The van der Waals surface area contributed by atoms with Gasteiger partial charge in [0.15, 0.2) is 0 Å². The number of rotatable bonds is 23. The van der Waals surface area contributed by atoms with Gasteiger partial charge in [0.05, 0.1) is 34.7 Å². The number of oxime groups is 1. The van der Waals surface area contributed by atoms with Crippen molar-refractivity contribution in [3.05, 3.63) is 153 Å². The molecule has 7 rings (SSSR count). The van der Waals surface area contributed by atoms with Gasteiger partial charge in [-0.25, -0.2) is 9.18 Å². The molecule has 2 heterocycles. The third-order valence-electron chi connectivity index (χ3n) is 12.7. The SMILES string of the molecule is C=CCO[C@@]12Oc3ccc(OCc4cccc(C)n4)cc3[C@H]3[C@H](CCCCO)[C@@H](CCCCO)C=C(C(=NOCc4ccc([N+](=O)[O-])cc4)C[C@@H]1N(Cc1ccc(F)cc1)C(=O)OCCCl)[C@H]32. The fraction of sp³-hybridized carbons (Fsp3) is 0.431. The smallest absolute Gasteiger partial charge is 0.410 e. The number of nitro benzene ring substituents is 1. The first-order chi connectivity index (χ1) is 32.6. The first-order valence-electron chi connectivity index (χ1n) is 22.8. The predicted octanol–water partition coefficient (Wildman–Crippen LogP) is 9.73. The van der Waals surface area contributed by atoms with Crippen LogP contribution in [0, 0.1) is 40.6 Å². The lowest BCUT2D eigenvalue weighted by Crippen LogP contribution is -2.70. The van der Waals surface area contributed by atoms with Crippen LogP contribution in [0.15, 0.2) is 114 Å². The summed E-state index contributed by atoms with van der Waals surface area (Å²) in [5, 5.41) is 36.2. The summed E-state index contributed by atoms with van der Waals surface area (Å²) in [6, 6.07) is 22.4. The zero-order valence-electron chi connectivity index (χ0n) is 37.6. The van der Waals surface area contributed by atoms with Crippen molar-refractivity contribution in [2.24, 2.45) is 22.9 Å². The maximum absolute atomic E-state index is 14.6. The van der Waals surface area contributed by atoms with Gasteiger partial charge >= 0.3 is 6.09 Å². The lowest BCUT2D eigenvalue weighted by molar-refractivity contribution is -0.384. The van der Waals surface area contributed by atoms with Gasteiger partial charge in [0.2, 0.25) is 5.79 Å². The van der Waals surface area contributed by atoms with Gasteiger partial charge in [0.25, 0.3) is 5.69 Å². The van der Waals surface area contributed by atoms with E-state index in [9.17, 15) is 29.5 Å². The molecule has 0 spiro atoms. The van der Waals surface area contributed by atoms with E-state index in [2.05, 4.69) is 17.6 Å². The van der Waals surface area contributed by atoms with E-state index in [1.807, 2.05) is 43.3 Å². The molecule has 1 saturated carbocycles.